The van der Waals surface area contributed by atoms with E-state index in [0.29, 0.717) is 0 Å². The standard InChI is InChI=1S/C9H10ClFO2/c1-9(2,13)7-5(10)3-4-6(11)8(7)12/h3-4,12-13H,1-2H3. The van der Waals surface area contributed by atoms with E-state index in [-0.39, 0.29) is 10.6 Å². The summed E-state index contributed by atoms with van der Waals surface area (Å²) in [6.45, 7) is 2.85. The van der Waals surface area contributed by atoms with Gasteiger partial charge in [-0.15, -0.1) is 0 Å². The zero-order chi connectivity index (χ0) is 10.2. The van der Waals surface area contributed by atoms with Crippen molar-refractivity contribution in [3.8, 4) is 5.75 Å². The van der Waals surface area contributed by atoms with E-state index in [9.17, 15) is 14.6 Å². The van der Waals surface area contributed by atoms with Gasteiger partial charge in [-0.05, 0) is 26.0 Å². The molecule has 0 aliphatic heterocycles. The molecular formula is C9H10ClFO2. The third-order valence-electron chi connectivity index (χ3n) is 1.69. The van der Waals surface area contributed by atoms with Crippen LogP contribution >= 0.6 is 11.6 Å². The molecule has 0 radical (unpaired) electrons. The first kappa shape index (κ1) is 10.3. The van der Waals surface area contributed by atoms with E-state index in [1.165, 1.54) is 19.9 Å². The molecule has 0 amide bonds. The number of aliphatic hydroxyl groups is 1. The average molecular weight is 205 g/mol. The summed E-state index contributed by atoms with van der Waals surface area (Å²) >= 11 is 5.70. The van der Waals surface area contributed by atoms with Crippen molar-refractivity contribution in [2.24, 2.45) is 0 Å². The number of phenolic OH excluding ortho intramolecular Hbond substituents is 1. The second-order valence-corrected chi connectivity index (χ2v) is 3.72. The molecular weight excluding hydrogens is 195 g/mol. The fourth-order valence-electron chi connectivity index (χ4n) is 1.12. The Labute approximate surface area is 80.6 Å². The fourth-order valence-corrected chi connectivity index (χ4v) is 1.51. The van der Waals surface area contributed by atoms with Gasteiger partial charge in [0, 0.05) is 5.56 Å². The summed E-state index contributed by atoms with van der Waals surface area (Å²) in [5.41, 5.74) is -1.35. The Morgan fingerprint density at radius 3 is 2.31 bits per heavy atom. The minimum atomic E-state index is -1.36. The van der Waals surface area contributed by atoms with Gasteiger partial charge in [0.15, 0.2) is 11.6 Å². The first-order valence-corrected chi connectivity index (χ1v) is 4.11. The van der Waals surface area contributed by atoms with E-state index in [2.05, 4.69) is 0 Å². The lowest BCUT2D eigenvalue weighted by Crippen LogP contribution is -2.16. The second kappa shape index (κ2) is 3.16. The number of hydrogen-bond donors (Lipinski definition) is 2. The van der Waals surface area contributed by atoms with Crippen LogP contribution < -0.4 is 0 Å². The predicted octanol–water partition coefficient (Wildman–Crippen LogP) is 2.41. The second-order valence-electron chi connectivity index (χ2n) is 3.31. The number of phenols is 1. The Hall–Kier alpha value is -0.800. The summed E-state index contributed by atoms with van der Waals surface area (Å²) in [7, 11) is 0. The molecule has 0 fully saturated rings. The summed E-state index contributed by atoms with van der Waals surface area (Å²) in [5.74, 6) is -1.39. The highest BCUT2D eigenvalue weighted by Crippen LogP contribution is 2.36. The predicted molar refractivity (Wildman–Crippen MR) is 48.3 cm³/mol. The first-order chi connectivity index (χ1) is 5.84. The van der Waals surface area contributed by atoms with Gasteiger partial charge in [0.25, 0.3) is 0 Å². The summed E-state index contributed by atoms with van der Waals surface area (Å²) < 4.78 is 12.9. The minimum absolute atomic E-state index is 0.00849. The maximum Gasteiger partial charge on any atom is 0.165 e. The fraction of sp³-hybridized carbons (Fsp3) is 0.333. The highest BCUT2D eigenvalue weighted by atomic mass is 35.5. The van der Waals surface area contributed by atoms with Crippen molar-refractivity contribution < 1.29 is 14.6 Å². The van der Waals surface area contributed by atoms with Crippen molar-refractivity contribution in [2.75, 3.05) is 0 Å². The van der Waals surface area contributed by atoms with Crippen LogP contribution in [0.1, 0.15) is 19.4 Å². The van der Waals surface area contributed by atoms with E-state index < -0.39 is 17.2 Å². The van der Waals surface area contributed by atoms with Crippen molar-refractivity contribution in [3.63, 3.8) is 0 Å². The van der Waals surface area contributed by atoms with Gasteiger partial charge < -0.3 is 10.2 Å². The van der Waals surface area contributed by atoms with Crippen LogP contribution in [0.2, 0.25) is 5.02 Å². The average Bonchev–Trinajstić information content (AvgIpc) is 1.95. The Balaban J connectivity index is 3.43. The van der Waals surface area contributed by atoms with Crippen molar-refractivity contribution >= 4 is 11.6 Å². The SMILES string of the molecule is CC(C)(O)c1c(Cl)ccc(F)c1O. The number of benzene rings is 1. The maximum atomic E-state index is 12.9. The molecule has 0 aliphatic rings. The Morgan fingerprint density at radius 2 is 1.92 bits per heavy atom. The zero-order valence-electron chi connectivity index (χ0n) is 7.31. The molecule has 13 heavy (non-hydrogen) atoms. The molecule has 0 bridgehead atoms. The number of rotatable bonds is 1. The van der Waals surface area contributed by atoms with Crippen LogP contribution in [-0.4, -0.2) is 10.2 Å². The van der Waals surface area contributed by atoms with Crippen LogP contribution in [0.25, 0.3) is 0 Å². The summed E-state index contributed by atoms with van der Waals surface area (Å²) in [5, 5.41) is 19.0. The van der Waals surface area contributed by atoms with Crippen molar-refractivity contribution in [2.45, 2.75) is 19.4 Å². The molecule has 72 valence electrons. The zero-order valence-corrected chi connectivity index (χ0v) is 8.06. The normalized spacial score (nSPS) is 11.8. The molecule has 2 N–H and O–H groups in total. The molecule has 0 heterocycles. The molecule has 1 aromatic carbocycles. The molecule has 0 atom stereocenters. The van der Waals surface area contributed by atoms with Crippen LogP contribution in [0, 0.1) is 5.82 Å². The number of aromatic hydroxyl groups is 1. The molecule has 0 spiro atoms. The lowest BCUT2D eigenvalue weighted by Gasteiger charge is -2.20. The van der Waals surface area contributed by atoms with Gasteiger partial charge in [0.05, 0.1) is 10.6 Å². The van der Waals surface area contributed by atoms with E-state index >= 15 is 0 Å². The lowest BCUT2D eigenvalue weighted by molar-refractivity contribution is 0.0753. The highest BCUT2D eigenvalue weighted by Gasteiger charge is 2.25. The first-order valence-electron chi connectivity index (χ1n) is 3.74. The van der Waals surface area contributed by atoms with Gasteiger partial charge in [-0.1, -0.05) is 11.6 Å². The van der Waals surface area contributed by atoms with Gasteiger partial charge in [-0.25, -0.2) is 4.39 Å². The smallest absolute Gasteiger partial charge is 0.165 e. The minimum Gasteiger partial charge on any atom is -0.505 e. The van der Waals surface area contributed by atoms with Crippen LogP contribution in [-0.2, 0) is 5.60 Å². The third-order valence-corrected chi connectivity index (χ3v) is 2.00. The van der Waals surface area contributed by atoms with E-state index in [1.54, 1.807) is 0 Å². The Kier molecular flexibility index (Phi) is 2.50. The number of hydrogen-bond acceptors (Lipinski definition) is 2. The third kappa shape index (κ3) is 1.92. The molecule has 1 aromatic rings. The largest absolute Gasteiger partial charge is 0.505 e. The van der Waals surface area contributed by atoms with Gasteiger partial charge >= 0.3 is 0 Å². The summed E-state index contributed by atoms with van der Waals surface area (Å²) in [6, 6.07) is 2.34. The quantitative estimate of drug-likeness (QED) is 0.738. The van der Waals surface area contributed by atoms with Gasteiger partial charge in [0.1, 0.15) is 0 Å². The van der Waals surface area contributed by atoms with Gasteiger partial charge in [0.2, 0.25) is 0 Å². The molecule has 1 rings (SSSR count). The monoisotopic (exact) mass is 204 g/mol. The van der Waals surface area contributed by atoms with Crippen molar-refractivity contribution in [3.05, 3.63) is 28.5 Å². The topological polar surface area (TPSA) is 40.5 Å². The molecule has 2 nitrogen and oxygen atoms in total. The summed E-state index contributed by atoms with van der Waals surface area (Å²) in [6.07, 6.45) is 0. The molecule has 4 heteroatoms. The summed E-state index contributed by atoms with van der Waals surface area (Å²) in [4.78, 5) is 0. The van der Waals surface area contributed by atoms with Crippen LogP contribution in [0.3, 0.4) is 0 Å². The Morgan fingerprint density at radius 1 is 1.38 bits per heavy atom. The van der Waals surface area contributed by atoms with Crippen LogP contribution in [0.5, 0.6) is 5.75 Å². The van der Waals surface area contributed by atoms with E-state index in [0.717, 1.165) is 6.07 Å². The molecule has 0 aromatic heterocycles. The van der Waals surface area contributed by atoms with Crippen LogP contribution in [0.4, 0.5) is 4.39 Å². The van der Waals surface area contributed by atoms with Crippen LogP contribution in [0.15, 0.2) is 12.1 Å². The van der Waals surface area contributed by atoms with Crippen molar-refractivity contribution in [1.29, 1.82) is 0 Å². The Bertz CT molecular complexity index is 331. The van der Waals surface area contributed by atoms with Gasteiger partial charge in [-0.3, -0.25) is 0 Å². The maximum absolute atomic E-state index is 12.9. The van der Waals surface area contributed by atoms with E-state index in [1.807, 2.05) is 0 Å². The molecule has 0 unspecified atom stereocenters. The molecule has 0 saturated carbocycles. The molecule has 0 saturated heterocycles. The molecule has 0 aliphatic carbocycles. The lowest BCUT2D eigenvalue weighted by atomic mass is 9.97. The van der Waals surface area contributed by atoms with Crippen molar-refractivity contribution in [1.82, 2.24) is 0 Å². The van der Waals surface area contributed by atoms with Gasteiger partial charge in [-0.2, -0.15) is 0 Å². The highest BCUT2D eigenvalue weighted by molar-refractivity contribution is 6.31. The number of halogens is 2. The van der Waals surface area contributed by atoms with E-state index in [4.69, 9.17) is 11.6 Å².